The van der Waals surface area contributed by atoms with E-state index >= 15 is 0 Å². The summed E-state index contributed by atoms with van der Waals surface area (Å²) in [4.78, 5) is 18.7. The maximum absolute atomic E-state index is 12.7. The Kier molecular flexibility index (Phi) is 3.94. The number of ether oxygens (including phenoxy) is 2. The van der Waals surface area contributed by atoms with Gasteiger partial charge in [-0.3, -0.25) is 9.78 Å². The maximum atomic E-state index is 12.7. The average Bonchev–Trinajstić information content (AvgIpc) is 3.10. The first-order chi connectivity index (χ1) is 11.8. The quantitative estimate of drug-likeness (QED) is 0.939. The molecule has 0 bridgehead atoms. The van der Waals surface area contributed by atoms with E-state index in [1.165, 1.54) is 0 Å². The van der Waals surface area contributed by atoms with E-state index in [1.54, 1.807) is 24.4 Å². The summed E-state index contributed by atoms with van der Waals surface area (Å²) in [5.41, 5.74) is 1.68. The fourth-order valence-corrected chi connectivity index (χ4v) is 3.12. The second-order valence-corrected chi connectivity index (χ2v) is 6.02. The summed E-state index contributed by atoms with van der Waals surface area (Å²) in [5, 5.41) is 3.48. The minimum Gasteiger partial charge on any atom is -0.454 e. The molecule has 2 aliphatic rings. The zero-order chi connectivity index (χ0) is 16.4. The smallest absolute Gasteiger partial charge is 0.253 e. The van der Waals surface area contributed by atoms with Gasteiger partial charge in [0.1, 0.15) is 0 Å². The van der Waals surface area contributed by atoms with Crippen molar-refractivity contribution in [2.45, 2.75) is 18.9 Å². The molecule has 1 aromatic carbocycles. The number of nitrogens with zero attached hydrogens (tertiary/aromatic N) is 2. The lowest BCUT2D eigenvalue weighted by Crippen LogP contribution is -2.42. The third kappa shape index (κ3) is 2.99. The molecule has 124 valence electrons. The van der Waals surface area contributed by atoms with Gasteiger partial charge in [-0.05, 0) is 43.2 Å². The Hall–Kier alpha value is -2.76. The van der Waals surface area contributed by atoms with Crippen LogP contribution in [0.2, 0.25) is 0 Å². The van der Waals surface area contributed by atoms with Crippen molar-refractivity contribution < 1.29 is 14.3 Å². The molecule has 1 fully saturated rings. The van der Waals surface area contributed by atoms with Gasteiger partial charge >= 0.3 is 0 Å². The van der Waals surface area contributed by atoms with E-state index in [4.69, 9.17) is 9.47 Å². The molecule has 1 amide bonds. The zero-order valence-electron chi connectivity index (χ0n) is 13.3. The van der Waals surface area contributed by atoms with E-state index in [9.17, 15) is 4.79 Å². The molecular weight excluding hydrogens is 306 g/mol. The summed E-state index contributed by atoms with van der Waals surface area (Å²) in [6.07, 6.45) is 5.43. The number of likely N-dealkylation sites (tertiary alicyclic amines) is 1. The SMILES string of the molecule is O=C(c1ccc2c(c1)OCO2)N1CCC(Nc2cccnc2)CC1. The molecule has 1 aromatic heterocycles. The highest BCUT2D eigenvalue weighted by molar-refractivity contribution is 5.95. The van der Waals surface area contributed by atoms with Crippen molar-refractivity contribution in [3.8, 4) is 11.5 Å². The monoisotopic (exact) mass is 325 g/mol. The molecule has 4 rings (SSSR count). The normalized spacial score (nSPS) is 16.9. The zero-order valence-corrected chi connectivity index (χ0v) is 13.3. The number of aromatic nitrogens is 1. The fourth-order valence-electron chi connectivity index (χ4n) is 3.12. The molecule has 0 saturated carbocycles. The van der Waals surface area contributed by atoms with Crippen LogP contribution in [-0.2, 0) is 0 Å². The van der Waals surface area contributed by atoms with Crippen LogP contribution in [0.15, 0.2) is 42.7 Å². The number of hydrogen-bond acceptors (Lipinski definition) is 5. The Balaban J connectivity index is 1.36. The van der Waals surface area contributed by atoms with Crippen LogP contribution in [0.5, 0.6) is 11.5 Å². The Labute approximate surface area is 140 Å². The first kappa shape index (κ1) is 14.8. The van der Waals surface area contributed by atoms with E-state index in [0.717, 1.165) is 31.6 Å². The van der Waals surface area contributed by atoms with Crippen molar-refractivity contribution in [1.29, 1.82) is 0 Å². The minimum absolute atomic E-state index is 0.0492. The van der Waals surface area contributed by atoms with Crippen molar-refractivity contribution in [1.82, 2.24) is 9.88 Å². The number of rotatable bonds is 3. The van der Waals surface area contributed by atoms with Crippen molar-refractivity contribution in [3.05, 3.63) is 48.3 Å². The van der Waals surface area contributed by atoms with Gasteiger partial charge in [-0.25, -0.2) is 0 Å². The summed E-state index contributed by atoms with van der Waals surface area (Å²) in [6, 6.07) is 9.67. The molecule has 1 N–H and O–H groups in total. The van der Waals surface area contributed by atoms with Crippen LogP contribution < -0.4 is 14.8 Å². The highest BCUT2D eigenvalue weighted by Crippen LogP contribution is 2.33. The second kappa shape index (κ2) is 6.39. The largest absolute Gasteiger partial charge is 0.454 e. The first-order valence-electron chi connectivity index (χ1n) is 8.15. The summed E-state index contributed by atoms with van der Waals surface area (Å²) in [5.74, 6) is 1.40. The van der Waals surface area contributed by atoms with Crippen molar-refractivity contribution in [2.24, 2.45) is 0 Å². The molecule has 6 nitrogen and oxygen atoms in total. The molecule has 0 radical (unpaired) electrons. The lowest BCUT2D eigenvalue weighted by molar-refractivity contribution is 0.0718. The van der Waals surface area contributed by atoms with Gasteiger partial charge in [-0.2, -0.15) is 0 Å². The van der Waals surface area contributed by atoms with Gasteiger partial charge in [-0.1, -0.05) is 0 Å². The fraction of sp³-hybridized carbons (Fsp3) is 0.333. The van der Waals surface area contributed by atoms with Crippen LogP contribution >= 0.6 is 0 Å². The molecule has 0 atom stereocenters. The summed E-state index contributed by atoms with van der Waals surface area (Å²) in [7, 11) is 0. The number of carbonyl (C=O) groups excluding carboxylic acids is 1. The van der Waals surface area contributed by atoms with E-state index in [2.05, 4.69) is 10.3 Å². The van der Waals surface area contributed by atoms with E-state index in [-0.39, 0.29) is 12.7 Å². The number of benzene rings is 1. The van der Waals surface area contributed by atoms with Gasteiger partial charge in [0.25, 0.3) is 5.91 Å². The molecule has 0 unspecified atom stereocenters. The van der Waals surface area contributed by atoms with Gasteiger partial charge < -0.3 is 19.7 Å². The number of carbonyl (C=O) groups is 1. The highest BCUT2D eigenvalue weighted by Gasteiger charge is 2.25. The first-order valence-corrected chi connectivity index (χ1v) is 8.15. The molecule has 1 saturated heterocycles. The molecule has 24 heavy (non-hydrogen) atoms. The third-order valence-corrected chi connectivity index (χ3v) is 4.43. The molecule has 0 aliphatic carbocycles. The molecule has 3 heterocycles. The number of piperidine rings is 1. The summed E-state index contributed by atoms with van der Waals surface area (Å²) >= 11 is 0. The van der Waals surface area contributed by atoms with E-state index in [1.807, 2.05) is 23.2 Å². The average molecular weight is 325 g/mol. The second-order valence-electron chi connectivity index (χ2n) is 6.02. The molecule has 0 spiro atoms. The van der Waals surface area contributed by atoms with Crippen molar-refractivity contribution in [3.63, 3.8) is 0 Å². The topological polar surface area (TPSA) is 63.7 Å². The predicted molar refractivity (Wildman–Crippen MR) is 89.4 cm³/mol. The maximum Gasteiger partial charge on any atom is 0.253 e. The Morgan fingerprint density at radius 1 is 1.17 bits per heavy atom. The summed E-state index contributed by atoms with van der Waals surface area (Å²) in [6.45, 7) is 1.70. The van der Waals surface area contributed by atoms with Gasteiger partial charge in [0.15, 0.2) is 11.5 Å². The van der Waals surface area contributed by atoms with Crippen molar-refractivity contribution >= 4 is 11.6 Å². The van der Waals surface area contributed by atoms with Crippen LogP contribution in [0.3, 0.4) is 0 Å². The number of fused-ring (bicyclic) bond motifs is 1. The lowest BCUT2D eigenvalue weighted by Gasteiger charge is -2.33. The van der Waals surface area contributed by atoms with Gasteiger partial charge in [0.2, 0.25) is 6.79 Å². The number of nitrogens with one attached hydrogen (secondary N) is 1. The van der Waals surface area contributed by atoms with Gasteiger partial charge in [0.05, 0.1) is 5.69 Å². The van der Waals surface area contributed by atoms with Gasteiger partial charge in [-0.15, -0.1) is 0 Å². The van der Waals surface area contributed by atoms with Crippen LogP contribution in [0.25, 0.3) is 0 Å². The van der Waals surface area contributed by atoms with E-state index < -0.39 is 0 Å². The van der Waals surface area contributed by atoms with Crippen molar-refractivity contribution in [2.75, 3.05) is 25.2 Å². The minimum atomic E-state index is 0.0492. The number of pyridine rings is 1. The Morgan fingerprint density at radius 3 is 2.79 bits per heavy atom. The van der Waals surface area contributed by atoms with Crippen LogP contribution in [0.1, 0.15) is 23.2 Å². The molecular formula is C18H19N3O3. The Morgan fingerprint density at radius 2 is 2.00 bits per heavy atom. The van der Waals surface area contributed by atoms with Crippen LogP contribution in [-0.4, -0.2) is 41.7 Å². The van der Waals surface area contributed by atoms with E-state index in [0.29, 0.717) is 23.1 Å². The predicted octanol–water partition coefficient (Wildman–Crippen LogP) is 2.53. The lowest BCUT2D eigenvalue weighted by atomic mass is 10.0. The number of amides is 1. The standard InChI is InChI=1S/C18H19N3O3/c22-18(13-3-4-16-17(10-13)24-12-23-16)21-8-5-14(6-9-21)20-15-2-1-7-19-11-15/h1-4,7,10-11,14,20H,5-6,8-9,12H2. The van der Waals surface area contributed by atoms with Crippen LogP contribution in [0.4, 0.5) is 5.69 Å². The summed E-state index contributed by atoms with van der Waals surface area (Å²) < 4.78 is 10.6. The highest BCUT2D eigenvalue weighted by atomic mass is 16.7. The molecule has 2 aliphatic heterocycles. The Bertz CT molecular complexity index is 728. The third-order valence-electron chi connectivity index (χ3n) is 4.43. The molecule has 6 heteroatoms. The molecule has 2 aromatic rings. The van der Waals surface area contributed by atoms with Gasteiger partial charge in [0, 0.05) is 37.1 Å². The number of hydrogen-bond donors (Lipinski definition) is 1. The van der Waals surface area contributed by atoms with Crippen LogP contribution in [0, 0.1) is 0 Å². The number of anilines is 1.